The topological polar surface area (TPSA) is 284 Å². The van der Waals surface area contributed by atoms with Gasteiger partial charge < -0.3 is 37.2 Å². The van der Waals surface area contributed by atoms with Crippen molar-refractivity contribution in [1.82, 2.24) is 15.4 Å². The quantitative estimate of drug-likeness (QED) is 0.0484. The molecule has 1 aliphatic heterocycles. The number of β-lactam (4-membered cyclic amide) rings is 1. The number of amidine groups is 1. The van der Waals surface area contributed by atoms with Gasteiger partial charge in [0.25, 0.3) is 17.9 Å². The number of benzene rings is 1. The summed E-state index contributed by atoms with van der Waals surface area (Å²) in [5, 5.41) is 17.4. The lowest BCUT2D eigenvalue weighted by molar-refractivity contribution is -0.218. The van der Waals surface area contributed by atoms with Crippen LogP contribution >= 0.6 is 11.3 Å². The molecule has 1 aromatic carbocycles. The van der Waals surface area contributed by atoms with Gasteiger partial charge in [0, 0.05) is 17.0 Å². The Morgan fingerprint density at radius 3 is 2.47 bits per heavy atom. The predicted octanol–water partition coefficient (Wildman–Crippen LogP) is -1.38. The molecular weight excluding hydrogens is 612 g/mol. The number of aromatic nitrogens is 1. The van der Waals surface area contributed by atoms with Gasteiger partial charge in [0.05, 0.1) is 11.6 Å². The molecule has 1 saturated carbocycles. The maximum Gasteiger partial charge on any atom is 0.418 e. The Bertz CT molecular complexity index is 1570. The summed E-state index contributed by atoms with van der Waals surface area (Å²) in [6.07, 6.45) is -0.927. The summed E-state index contributed by atoms with van der Waals surface area (Å²) in [5.41, 5.74) is 16.0. The number of amides is 2. The highest BCUT2D eigenvalue weighted by Crippen LogP contribution is 2.33. The number of hydrogen-bond acceptors (Lipinski definition) is 14. The molecule has 2 aliphatic rings. The number of nitrogens with two attached hydrogens (primary N) is 3. The zero-order valence-electron chi connectivity index (χ0n) is 22.6. The van der Waals surface area contributed by atoms with Crippen LogP contribution < -0.4 is 27.3 Å². The SMILES string of the molecule is CC1(C)[C@H](NC(=O)/C(=N\O[C@@H](COc2ccc(C(N)=NC3CC3N)cc2)C(=O)O)c2csc(N)n2)C(=O)N1OS(=O)(=O)O. The number of ether oxygens (including phenoxy) is 1. The number of hydroxylamine groups is 2. The predicted molar refractivity (Wildman–Crippen MR) is 150 cm³/mol. The van der Waals surface area contributed by atoms with Crippen LogP contribution in [0.15, 0.2) is 39.8 Å². The Morgan fingerprint density at radius 1 is 1.30 bits per heavy atom. The summed E-state index contributed by atoms with van der Waals surface area (Å²) in [7, 11) is -5.02. The van der Waals surface area contributed by atoms with Crippen LogP contribution in [0.1, 0.15) is 31.5 Å². The van der Waals surface area contributed by atoms with Gasteiger partial charge >= 0.3 is 16.4 Å². The van der Waals surface area contributed by atoms with E-state index in [0.717, 1.165) is 17.8 Å². The minimum Gasteiger partial charge on any atom is -0.489 e. The zero-order chi connectivity index (χ0) is 31.7. The van der Waals surface area contributed by atoms with Gasteiger partial charge in [-0.3, -0.25) is 19.1 Å². The van der Waals surface area contributed by atoms with Gasteiger partial charge in [-0.1, -0.05) is 5.16 Å². The highest BCUT2D eigenvalue weighted by Gasteiger charge is 2.58. The van der Waals surface area contributed by atoms with Crippen LogP contribution in [-0.4, -0.2) is 93.8 Å². The van der Waals surface area contributed by atoms with E-state index in [0.29, 0.717) is 16.5 Å². The van der Waals surface area contributed by atoms with E-state index in [1.54, 1.807) is 24.3 Å². The molecule has 2 unspecified atom stereocenters. The Labute approximate surface area is 248 Å². The Balaban J connectivity index is 1.44. The van der Waals surface area contributed by atoms with E-state index in [1.807, 2.05) is 0 Å². The molecule has 232 valence electrons. The van der Waals surface area contributed by atoms with Crippen molar-refractivity contribution in [3.63, 3.8) is 0 Å². The number of aliphatic imine (C=N–C) groups is 1. The fraction of sp³-hybridized carbons (Fsp3) is 0.391. The minimum atomic E-state index is -5.02. The number of oxime groups is 1. The molecule has 9 N–H and O–H groups in total. The van der Waals surface area contributed by atoms with Crippen LogP contribution in [0.5, 0.6) is 5.75 Å². The lowest BCUT2D eigenvalue weighted by Crippen LogP contribution is -2.76. The first-order valence-electron chi connectivity index (χ1n) is 12.4. The molecule has 20 heteroatoms. The Kier molecular flexibility index (Phi) is 8.87. The van der Waals surface area contributed by atoms with Gasteiger partial charge in [-0.25, -0.2) is 9.78 Å². The number of carboxylic acid groups (broad SMARTS) is 1. The molecule has 18 nitrogen and oxygen atoms in total. The van der Waals surface area contributed by atoms with Gasteiger partial charge in [-0.15, -0.1) is 15.6 Å². The van der Waals surface area contributed by atoms with Gasteiger partial charge in [0.2, 0.25) is 0 Å². The van der Waals surface area contributed by atoms with Gasteiger partial charge in [0.15, 0.2) is 10.8 Å². The number of rotatable bonds is 13. The monoisotopic (exact) mass is 640 g/mol. The van der Waals surface area contributed by atoms with Crippen LogP contribution in [0.3, 0.4) is 0 Å². The summed E-state index contributed by atoms with van der Waals surface area (Å²) < 4.78 is 40.8. The third-order valence-corrected chi connectivity index (χ3v) is 7.32. The number of hydrogen-bond donors (Lipinski definition) is 6. The van der Waals surface area contributed by atoms with Crippen molar-refractivity contribution < 1.29 is 46.3 Å². The van der Waals surface area contributed by atoms with Gasteiger partial charge in [0.1, 0.15) is 29.9 Å². The second-order valence-electron chi connectivity index (χ2n) is 9.95. The van der Waals surface area contributed by atoms with E-state index in [4.69, 9.17) is 31.3 Å². The highest BCUT2D eigenvalue weighted by molar-refractivity contribution is 7.80. The standard InChI is InChI=1S/C23H28N8O10S2/c1-23(2)17(20(33)31(23)41-43(36,37)38)29-19(32)16(14-9-42-22(26)28-14)30-40-15(21(34)35)8-39-11-5-3-10(4-6-11)18(25)27-13-7-12(13)24/h3-6,9,12-13,15,17H,7-8,24H2,1-2H3,(H2,25,27)(H2,26,28)(H,29,32)(H,34,35)(H,36,37,38)/b30-16-/t12?,13?,15-,17+/m0/s1. The van der Waals surface area contributed by atoms with E-state index < -0.39 is 58.2 Å². The lowest BCUT2D eigenvalue weighted by atomic mass is 9.84. The third-order valence-electron chi connectivity index (χ3n) is 6.31. The van der Waals surface area contributed by atoms with Crippen molar-refractivity contribution in [2.24, 2.45) is 21.6 Å². The zero-order valence-corrected chi connectivity index (χ0v) is 24.2. The van der Waals surface area contributed by atoms with E-state index in [2.05, 4.69) is 24.7 Å². The van der Waals surface area contributed by atoms with Gasteiger partial charge in [-0.2, -0.15) is 13.5 Å². The number of carbonyl (C=O) groups is 3. The van der Waals surface area contributed by atoms with Crippen molar-refractivity contribution >= 4 is 56.2 Å². The Hall–Kier alpha value is -4.37. The Morgan fingerprint density at radius 2 is 1.95 bits per heavy atom. The molecule has 2 fully saturated rings. The van der Waals surface area contributed by atoms with Crippen LogP contribution in [-0.2, 0) is 33.9 Å². The molecule has 4 rings (SSSR count). The van der Waals surface area contributed by atoms with Crippen LogP contribution in [0.25, 0.3) is 0 Å². The largest absolute Gasteiger partial charge is 0.489 e. The van der Waals surface area contributed by atoms with Crippen molar-refractivity contribution in [2.45, 2.75) is 50.0 Å². The first-order valence-corrected chi connectivity index (χ1v) is 14.6. The molecule has 43 heavy (non-hydrogen) atoms. The fourth-order valence-electron chi connectivity index (χ4n) is 3.78. The highest BCUT2D eigenvalue weighted by atomic mass is 32.3. The number of aliphatic carboxylic acids is 1. The number of carbonyl (C=O) groups excluding carboxylic acids is 2. The number of nitrogens with zero attached hydrogens (tertiary/aromatic N) is 4. The van der Waals surface area contributed by atoms with Crippen molar-refractivity contribution in [3.8, 4) is 5.75 Å². The number of anilines is 1. The molecule has 4 atom stereocenters. The molecule has 0 bridgehead atoms. The number of carboxylic acids is 1. The minimum absolute atomic E-state index is 0.00162. The number of nitrogen functional groups attached to an aromatic ring is 1. The maximum atomic E-state index is 13.1. The summed E-state index contributed by atoms with van der Waals surface area (Å²) in [4.78, 5) is 50.8. The van der Waals surface area contributed by atoms with Crippen molar-refractivity contribution in [2.75, 3.05) is 12.3 Å². The second-order valence-corrected chi connectivity index (χ2v) is 11.8. The normalized spacial score (nSPS) is 22.4. The molecule has 2 heterocycles. The molecule has 1 aromatic heterocycles. The maximum absolute atomic E-state index is 13.1. The van der Waals surface area contributed by atoms with E-state index in [1.165, 1.54) is 19.2 Å². The fourth-order valence-corrected chi connectivity index (χ4v) is 4.78. The lowest BCUT2D eigenvalue weighted by Gasteiger charge is -2.50. The van der Waals surface area contributed by atoms with Crippen LogP contribution in [0.2, 0.25) is 0 Å². The number of thiazole rings is 1. The molecular formula is C23H28N8O10S2. The van der Waals surface area contributed by atoms with E-state index in [9.17, 15) is 27.9 Å². The second kappa shape index (κ2) is 12.1. The third kappa shape index (κ3) is 7.53. The average molecular weight is 641 g/mol. The first kappa shape index (κ1) is 31.6. The average Bonchev–Trinajstić information content (AvgIpc) is 3.45. The molecule has 1 aliphatic carbocycles. The van der Waals surface area contributed by atoms with E-state index in [-0.39, 0.29) is 28.7 Å². The smallest absolute Gasteiger partial charge is 0.418 e. The van der Waals surface area contributed by atoms with Crippen molar-refractivity contribution in [3.05, 3.63) is 40.9 Å². The van der Waals surface area contributed by atoms with Crippen LogP contribution in [0.4, 0.5) is 5.13 Å². The molecule has 1 saturated heterocycles. The van der Waals surface area contributed by atoms with Crippen LogP contribution in [0, 0.1) is 0 Å². The molecule has 2 aromatic rings. The summed E-state index contributed by atoms with van der Waals surface area (Å²) in [6.45, 7) is 2.18. The molecule has 0 spiro atoms. The van der Waals surface area contributed by atoms with E-state index >= 15 is 0 Å². The number of nitrogens with one attached hydrogen (secondary N) is 1. The molecule has 2 amide bonds. The summed E-state index contributed by atoms with van der Waals surface area (Å²) in [5.74, 6) is -2.91. The van der Waals surface area contributed by atoms with Crippen molar-refractivity contribution in [1.29, 1.82) is 0 Å². The summed E-state index contributed by atoms with van der Waals surface area (Å²) >= 11 is 0.950. The van der Waals surface area contributed by atoms with Gasteiger partial charge in [-0.05, 0) is 44.5 Å². The summed E-state index contributed by atoms with van der Waals surface area (Å²) in [6, 6.07) is 5.04. The molecule has 0 radical (unpaired) electrons. The first-order chi connectivity index (χ1) is 20.1.